The Morgan fingerprint density at radius 1 is 0.577 bits per heavy atom. The first-order chi connectivity index (χ1) is 12.8. The highest BCUT2D eigenvalue weighted by molar-refractivity contribution is 6.17. The van der Waals surface area contributed by atoms with Crippen molar-refractivity contribution in [1.82, 2.24) is 0 Å². The fraction of sp³-hybridized carbons (Fsp3) is 0. The van der Waals surface area contributed by atoms with E-state index >= 15 is 0 Å². The van der Waals surface area contributed by atoms with Crippen molar-refractivity contribution in [2.24, 2.45) is 0 Å². The molecule has 0 aromatic heterocycles. The summed E-state index contributed by atoms with van der Waals surface area (Å²) in [5.41, 5.74) is 8.72. The monoisotopic (exact) mass is 334 g/mol. The highest BCUT2D eigenvalue weighted by Crippen LogP contribution is 2.35. The molecule has 0 saturated heterocycles. The van der Waals surface area contributed by atoms with E-state index in [9.17, 15) is 0 Å². The number of anilines is 3. The molecule has 0 amide bonds. The van der Waals surface area contributed by atoms with Gasteiger partial charge in [0.15, 0.2) is 0 Å². The lowest BCUT2D eigenvalue weighted by molar-refractivity contribution is 1.58. The molecule has 0 fully saturated rings. The lowest BCUT2D eigenvalue weighted by atomic mass is 9.97. The van der Waals surface area contributed by atoms with Crippen molar-refractivity contribution in [3.63, 3.8) is 0 Å². The second-order valence-electron chi connectivity index (χ2n) is 6.64. The largest absolute Gasteiger partial charge is 0.399 e. The van der Waals surface area contributed by atoms with Crippen LogP contribution in [0.25, 0.3) is 32.3 Å². The molecule has 2 nitrogen and oxygen atoms in total. The third-order valence-corrected chi connectivity index (χ3v) is 4.92. The van der Waals surface area contributed by atoms with Gasteiger partial charge in [-0.15, -0.1) is 0 Å². The average molecular weight is 334 g/mol. The van der Waals surface area contributed by atoms with E-state index in [1.165, 1.54) is 32.3 Å². The predicted octanol–water partition coefficient (Wildman–Crippen LogP) is 6.47. The Morgan fingerprint density at radius 3 is 2.08 bits per heavy atom. The summed E-state index contributed by atoms with van der Waals surface area (Å²) in [5.74, 6) is 0. The Kier molecular flexibility index (Phi) is 3.29. The molecule has 2 heteroatoms. The first kappa shape index (κ1) is 14.8. The Balaban J connectivity index is 1.78. The third kappa shape index (κ3) is 2.44. The standard InChI is InChI=1S/C24H18N2/c25-20-10-12-21(13-11-20)26-23-7-3-6-16-8-9-19-14-17-4-1-2-5-18(17)15-22(19)24(16)23/h1-15,26H,25H2. The van der Waals surface area contributed by atoms with Crippen molar-refractivity contribution in [1.29, 1.82) is 0 Å². The molecule has 5 rings (SSSR count). The number of benzene rings is 5. The lowest BCUT2D eigenvalue weighted by Crippen LogP contribution is -1.93. The van der Waals surface area contributed by atoms with Crippen LogP contribution in [0.5, 0.6) is 0 Å². The van der Waals surface area contributed by atoms with E-state index < -0.39 is 0 Å². The van der Waals surface area contributed by atoms with E-state index in [2.05, 4.69) is 72.0 Å². The molecule has 5 aromatic rings. The summed E-state index contributed by atoms with van der Waals surface area (Å²) in [6, 6.07) is 31.7. The van der Waals surface area contributed by atoms with Gasteiger partial charge in [0.25, 0.3) is 0 Å². The second-order valence-corrected chi connectivity index (χ2v) is 6.64. The molecule has 0 radical (unpaired) electrons. The van der Waals surface area contributed by atoms with Crippen molar-refractivity contribution in [3.8, 4) is 0 Å². The van der Waals surface area contributed by atoms with Crippen LogP contribution in [0.15, 0.2) is 91.0 Å². The van der Waals surface area contributed by atoms with Gasteiger partial charge in [0.2, 0.25) is 0 Å². The van der Waals surface area contributed by atoms with E-state index in [4.69, 9.17) is 5.73 Å². The highest BCUT2D eigenvalue weighted by atomic mass is 14.9. The van der Waals surface area contributed by atoms with Crippen LogP contribution >= 0.6 is 0 Å². The van der Waals surface area contributed by atoms with Crippen LogP contribution in [-0.4, -0.2) is 0 Å². The molecule has 0 aliphatic heterocycles. The molecular weight excluding hydrogens is 316 g/mol. The van der Waals surface area contributed by atoms with Gasteiger partial charge in [-0.1, -0.05) is 48.5 Å². The maximum atomic E-state index is 5.81. The van der Waals surface area contributed by atoms with Crippen LogP contribution < -0.4 is 11.1 Å². The smallest absolute Gasteiger partial charge is 0.0470 e. The minimum absolute atomic E-state index is 0.769. The number of hydrogen-bond acceptors (Lipinski definition) is 2. The molecule has 124 valence electrons. The quantitative estimate of drug-likeness (QED) is 0.220. The van der Waals surface area contributed by atoms with Crippen molar-refractivity contribution < 1.29 is 0 Å². The number of nitrogen functional groups attached to an aromatic ring is 1. The summed E-state index contributed by atoms with van der Waals surface area (Å²) >= 11 is 0. The molecule has 0 bridgehead atoms. The lowest BCUT2D eigenvalue weighted by Gasteiger charge is -2.13. The van der Waals surface area contributed by atoms with Gasteiger partial charge in [0.05, 0.1) is 0 Å². The van der Waals surface area contributed by atoms with Gasteiger partial charge in [-0.2, -0.15) is 0 Å². The molecule has 5 aromatic carbocycles. The molecule has 0 heterocycles. The minimum atomic E-state index is 0.769. The summed E-state index contributed by atoms with van der Waals surface area (Å²) in [6.07, 6.45) is 0. The number of rotatable bonds is 2. The molecule has 0 aliphatic carbocycles. The Labute approximate surface area is 151 Å². The van der Waals surface area contributed by atoms with Crippen LogP contribution in [-0.2, 0) is 0 Å². The number of nitrogens with one attached hydrogen (secondary N) is 1. The van der Waals surface area contributed by atoms with Crippen LogP contribution in [0.4, 0.5) is 17.1 Å². The summed E-state index contributed by atoms with van der Waals surface area (Å²) in [5, 5.41) is 11.1. The van der Waals surface area contributed by atoms with Gasteiger partial charge in [0.1, 0.15) is 0 Å². The van der Waals surface area contributed by atoms with Gasteiger partial charge in [0, 0.05) is 22.4 Å². The zero-order chi connectivity index (χ0) is 17.5. The molecule has 0 atom stereocenters. The van der Waals surface area contributed by atoms with Crippen LogP contribution in [0.3, 0.4) is 0 Å². The number of hydrogen-bond donors (Lipinski definition) is 2. The van der Waals surface area contributed by atoms with E-state index in [0.717, 1.165) is 17.1 Å². The van der Waals surface area contributed by atoms with E-state index in [0.29, 0.717) is 0 Å². The predicted molar refractivity (Wildman–Crippen MR) is 113 cm³/mol. The van der Waals surface area contributed by atoms with Gasteiger partial charge in [-0.3, -0.25) is 0 Å². The average Bonchev–Trinajstić information content (AvgIpc) is 2.68. The second kappa shape index (κ2) is 5.78. The molecular formula is C24H18N2. The Bertz CT molecular complexity index is 1250. The maximum Gasteiger partial charge on any atom is 0.0470 e. The molecule has 26 heavy (non-hydrogen) atoms. The van der Waals surface area contributed by atoms with Crippen molar-refractivity contribution >= 4 is 49.4 Å². The molecule has 3 N–H and O–H groups in total. The van der Waals surface area contributed by atoms with E-state index in [1.54, 1.807) is 0 Å². The normalized spacial score (nSPS) is 11.2. The number of nitrogens with two attached hydrogens (primary N) is 1. The maximum absolute atomic E-state index is 5.81. The van der Waals surface area contributed by atoms with Crippen LogP contribution in [0, 0.1) is 0 Å². The summed E-state index contributed by atoms with van der Waals surface area (Å²) < 4.78 is 0. The van der Waals surface area contributed by atoms with Crippen molar-refractivity contribution in [2.75, 3.05) is 11.1 Å². The first-order valence-electron chi connectivity index (χ1n) is 8.75. The Hall–Kier alpha value is -3.52. The van der Waals surface area contributed by atoms with Crippen LogP contribution in [0.1, 0.15) is 0 Å². The van der Waals surface area contributed by atoms with Gasteiger partial charge in [-0.05, 0) is 69.4 Å². The SMILES string of the molecule is Nc1ccc(Nc2cccc3ccc4cc5ccccc5cc4c23)cc1. The molecule has 0 unspecified atom stereocenters. The third-order valence-electron chi connectivity index (χ3n) is 4.92. The van der Waals surface area contributed by atoms with Gasteiger partial charge < -0.3 is 11.1 Å². The fourth-order valence-corrected chi connectivity index (χ4v) is 3.63. The minimum Gasteiger partial charge on any atom is -0.399 e. The van der Waals surface area contributed by atoms with Gasteiger partial charge >= 0.3 is 0 Å². The van der Waals surface area contributed by atoms with Crippen molar-refractivity contribution in [3.05, 3.63) is 91.0 Å². The molecule has 0 saturated carbocycles. The zero-order valence-corrected chi connectivity index (χ0v) is 14.2. The summed E-state index contributed by atoms with van der Waals surface area (Å²) in [7, 11) is 0. The van der Waals surface area contributed by atoms with E-state index in [1.807, 2.05) is 24.3 Å². The van der Waals surface area contributed by atoms with Gasteiger partial charge in [-0.25, -0.2) is 0 Å². The fourth-order valence-electron chi connectivity index (χ4n) is 3.63. The Morgan fingerprint density at radius 2 is 1.27 bits per heavy atom. The zero-order valence-electron chi connectivity index (χ0n) is 14.2. The summed E-state index contributed by atoms with van der Waals surface area (Å²) in [6.45, 7) is 0. The highest BCUT2D eigenvalue weighted by Gasteiger charge is 2.07. The molecule has 0 spiro atoms. The van der Waals surface area contributed by atoms with Crippen molar-refractivity contribution in [2.45, 2.75) is 0 Å². The summed E-state index contributed by atoms with van der Waals surface area (Å²) in [4.78, 5) is 0. The molecule has 0 aliphatic rings. The first-order valence-corrected chi connectivity index (χ1v) is 8.75. The number of fused-ring (bicyclic) bond motifs is 4. The van der Waals surface area contributed by atoms with Crippen LogP contribution in [0.2, 0.25) is 0 Å². The topological polar surface area (TPSA) is 38.0 Å². The van der Waals surface area contributed by atoms with E-state index in [-0.39, 0.29) is 0 Å².